The van der Waals surface area contributed by atoms with E-state index < -0.39 is 11.7 Å². The molecule has 5 heteroatoms. The summed E-state index contributed by atoms with van der Waals surface area (Å²) >= 11 is 1.68. The van der Waals surface area contributed by atoms with E-state index in [0.717, 1.165) is 28.8 Å². The van der Waals surface area contributed by atoms with E-state index in [4.69, 9.17) is 0 Å². The lowest BCUT2D eigenvalue weighted by Crippen LogP contribution is -2.05. The molecule has 0 bridgehead atoms. The number of thiophene rings is 1. The van der Waals surface area contributed by atoms with Gasteiger partial charge in [-0.1, -0.05) is 12.1 Å². The highest BCUT2D eigenvalue weighted by Gasteiger charge is 2.29. The molecule has 0 radical (unpaired) electrons. The first-order chi connectivity index (χ1) is 10.0. The SMILES string of the molecule is FC(F)(F)c1ccc(CNc2ccc3sccc3c2)cc1. The molecule has 1 N–H and O–H groups in total. The lowest BCUT2D eigenvalue weighted by Gasteiger charge is -2.09. The van der Waals surface area contributed by atoms with Gasteiger partial charge in [-0.3, -0.25) is 0 Å². The molecule has 1 heterocycles. The summed E-state index contributed by atoms with van der Waals surface area (Å²) in [6.07, 6.45) is -4.28. The summed E-state index contributed by atoms with van der Waals surface area (Å²) < 4.78 is 38.6. The highest BCUT2D eigenvalue weighted by atomic mass is 32.1. The maximum Gasteiger partial charge on any atom is 0.416 e. The molecule has 0 aliphatic carbocycles. The van der Waals surface area contributed by atoms with Crippen molar-refractivity contribution >= 4 is 27.1 Å². The molecule has 0 saturated heterocycles. The summed E-state index contributed by atoms with van der Waals surface area (Å²) in [5, 5.41) is 6.42. The quantitative estimate of drug-likeness (QED) is 0.670. The zero-order valence-electron chi connectivity index (χ0n) is 10.9. The Kier molecular flexibility index (Phi) is 3.59. The fourth-order valence-electron chi connectivity index (χ4n) is 2.09. The molecule has 3 aromatic rings. The minimum Gasteiger partial charge on any atom is -0.381 e. The van der Waals surface area contributed by atoms with Gasteiger partial charge >= 0.3 is 6.18 Å². The van der Waals surface area contributed by atoms with Crippen LogP contribution >= 0.6 is 11.3 Å². The van der Waals surface area contributed by atoms with Crippen molar-refractivity contribution in [1.82, 2.24) is 0 Å². The predicted molar refractivity (Wildman–Crippen MR) is 80.6 cm³/mol. The number of hydrogen-bond donors (Lipinski definition) is 1. The number of rotatable bonds is 3. The molecule has 0 aliphatic heterocycles. The second kappa shape index (κ2) is 5.41. The summed E-state index contributed by atoms with van der Waals surface area (Å²) in [5.74, 6) is 0. The molecule has 1 nitrogen and oxygen atoms in total. The monoisotopic (exact) mass is 307 g/mol. The van der Waals surface area contributed by atoms with Crippen LogP contribution in [0.2, 0.25) is 0 Å². The molecule has 0 amide bonds. The van der Waals surface area contributed by atoms with Gasteiger partial charge in [0.05, 0.1) is 5.56 Å². The fraction of sp³-hybridized carbons (Fsp3) is 0.125. The highest BCUT2D eigenvalue weighted by Crippen LogP contribution is 2.29. The molecule has 1 aromatic heterocycles. The third-order valence-corrected chi connectivity index (χ3v) is 4.13. The Hall–Kier alpha value is -2.01. The smallest absolute Gasteiger partial charge is 0.381 e. The van der Waals surface area contributed by atoms with Gasteiger partial charge in [0, 0.05) is 16.9 Å². The van der Waals surface area contributed by atoms with Gasteiger partial charge < -0.3 is 5.32 Å². The lowest BCUT2D eigenvalue weighted by atomic mass is 10.1. The number of alkyl halides is 3. The number of halogens is 3. The van der Waals surface area contributed by atoms with Crippen LogP contribution in [0, 0.1) is 0 Å². The molecular formula is C16H12F3NS. The van der Waals surface area contributed by atoms with Crippen molar-refractivity contribution in [2.45, 2.75) is 12.7 Å². The number of benzene rings is 2. The van der Waals surface area contributed by atoms with Crippen molar-refractivity contribution in [3.8, 4) is 0 Å². The van der Waals surface area contributed by atoms with Crippen molar-refractivity contribution < 1.29 is 13.2 Å². The number of fused-ring (bicyclic) bond motifs is 1. The molecule has 0 aliphatic rings. The number of hydrogen-bond acceptors (Lipinski definition) is 2. The van der Waals surface area contributed by atoms with E-state index in [0.29, 0.717) is 6.54 Å². The average Bonchev–Trinajstić information content (AvgIpc) is 2.92. The van der Waals surface area contributed by atoms with Crippen LogP contribution < -0.4 is 5.32 Å². The van der Waals surface area contributed by atoms with Crippen LogP contribution in [0.4, 0.5) is 18.9 Å². The Morgan fingerprint density at radius 2 is 1.71 bits per heavy atom. The highest BCUT2D eigenvalue weighted by molar-refractivity contribution is 7.17. The molecule has 0 spiro atoms. The van der Waals surface area contributed by atoms with Crippen LogP contribution in [0.25, 0.3) is 10.1 Å². The molecule has 0 saturated carbocycles. The van der Waals surface area contributed by atoms with Crippen LogP contribution in [-0.4, -0.2) is 0 Å². The van der Waals surface area contributed by atoms with E-state index in [1.54, 1.807) is 11.3 Å². The summed E-state index contributed by atoms with van der Waals surface area (Å²) in [5.41, 5.74) is 1.15. The number of anilines is 1. The summed E-state index contributed by atoms with van der Waals surface area (Å²) in [6, 6.07) is 13.3. The second-order valence-corrected chi connectivity index (χ2v) is 5.67. The minimum absolute atomic E-state index is 0.494. The normalized spacial score (nSPS) is 11.8. The predicted octanol–water partition coefficient (Wildman–Crippen LogP) is 5.53. The molecule has 0 fully saturated rings. The first-order valence-corrected chi connectivity index (χ1v) is 7.27. The third kappa shape index (κ3) is 3.19. The standard InChI is InChI=1S/C16H12F3NS/c17-16(18,19)13-3-1-11(2-4-13)10-20-14-5-6-15-12(9-14)7-8-21-15/h1-9,20H,10H2. The Morgan fingerprint density at radius 3 is 2.43 bits per heavy atom. The Bertz CT molecular complexity index is 744. The molecule has 108 valence electrons. The van der Waals surface area contributed by atoms with Crippen LogP contribution in [0.1, 0.15) is 11.1 Å². The van der Waals surface area contributed by atoms with Gasteiger partial charge in [0.2, 0.25) is 0 Å². The second-order valence-electron chi connectivity index (χ2n) is 4.72. The van der Waals surface area contributed by atoms with Crippen molar-refractivity contribution in [3.63, 3.8) is 0 Å². The van der Waals surface area contributed by atoms with Gasteiger partial charge in [-0.2, -0.15) is 13.2 Å². The van der Waals surface area contributed by atoms with Crippen molar-refractivity contribution in [2.24, 2.45) is 0 Å². The van der Waals surface area contributed by atoms with Crippen molar-refractivity contribution in [3.05, 3.63) is 65.0 Å². The van der Waals surface area contributed by atoms with E-state index in [1.807, 2.05) is 29.6 Å². The maximum absolute atomic E-state index is 12.5. The first-order valence-electron chi connectivity index (χ1n) is 6.40. The molecular weight excluding hydrogens is 295 g/mol. The van der Waals surface area contributed by atoms with Gasteiger partial charge in [-0.25, -0.2) is 0 Å². The van der Waals surface area contributed by atoms with Crippen LogP contribution in [-0.2, 0) is 12.7 Å². The average molecular weight is 307 g/mol. The van der Waals surface area contributed by atoms with Gasteiger partial charge in [0.15, 0.2) is 0 Å². The maximum atomic E-state index is 12.5. The largest absolute Gasteiger partial charge is 0.416 e. The zero-order chi connectivity index (χ0) is 14.9. The molecule has 0 atom stereocenters. The van der Waals surface area contributed by atoms with Gasteiger partial charge in [-0.15, -0.1) is 11.3 Å². The Morgan fingerprint density at radius 1 is 0.952 bits per heavy atom. The first kappa shape index (κ1) is 13.9. The minimum atomic E-state index is -4.28. The third-order valence-electron chi connectivity index (χ3n) is 3.23. The van der Waals surface area contributed by atoms with Crippen molar-refractivity contribution in [2.75, 3.05) is 5.32 Å². The lowest BCUT2D eigenvalue weighted by molar-refractivity contribution is -0.137. The van der Waals surface area contributed by atoms with Gasteiger partial charge in [-0.05, 0) is 52.7 Å². The number of nitrogens with one attached hydrogen (secondary N) is 1. The Labute approximate surface area is 124 Å². The van der Waals surface area contributed by atoms with Crippen LogP contribution in [0.5, 0.6) is 0 Å². The van der Waals surface area contributed by atoms with E-state index in [1.165, 1.54) is 16.8 Å². The molecule has 21 heavy (non-hydrogen) atoms. The van der Waals surface area contributed by atoms with E-state index in [9.17, 15) is 13.2 Å². The Balaban J connectivity index is 1.69. The molecule has 3 rings (SSSR count). The van der Waals surface area contributed by atoms with E-state index >= 15 is 0 Å². The topological polar surface area (TPSA) is 12.0 Å². The zero-order valence-corrected chi connectivity index (χ0v) is 11.8. The fourth-order valence-corrected chi connectivity index (χ4v) is 2.86. The van der Waals surface area contributed by atoms with Crippen LogP contribution in [0.15, 0.2) is 53.9 Å². The van der Waals surface area contributed by atoms with Gasteiger partial charge in [0.25, 0.3) is 0 Å². The van der Waals surface area contributed by atoms with Crippen LogP contribution in [0.3, 0.4) is 0 Å². The summed E-state index contributed by atoms with van der Waals surface area (Å²) in [4.78, 5) is 0. The molecule has 2 aromatic carbocycles. The molecule has 0 unspecified atom stereocenters. The van der Waals surface area contributed by atoms with Crippen molar-refractivity contribution in [1.29, 1.82) is 0 Å². The van der Waals surface area contributed by atoms with Gasteiger partial charge in [0.1, 0.15) is 0 Å². The summed E-state index contributed by atoms with van der Waals surface area (Å²) in [7, 11) is 0. The summed E-state index contributed by atoms with van der Waals surface area (Å²) in [6.45, 7) is 0.494. The van der Waals surface area contributed by atoms with E-state index in [-0.39, 0.29) is 0 Å². The van der Waals surface area contributed by atoms with E-state index in [2.05, 4.69) is 5.32 Å².